The number of β-lactam (4-membered cyclic amide) rings is 1. The van der Waals surface area contributed by atoms with Gasteiger partial charge in [0, 0.05) is 5.75 Å². The quantitative estimate of drug-likeness (QED) is 0.623. The highest BCUT2D eigenvalue weighted by Gasteiger charge is 2.54. The molecule has 0 bridgehead atoms. The van der Waals surface area contributed by atoms with Crippen LogP contribution in [0.5, 0.6) is 0 Å². The van der Waals surface area contributed by atoms with Gasteiger partial charge in [-0.25, -0.2) is 4.79 Å². The molecule has 2 aliphatic rings. The molecule has 23 heavy (non-hydrogen) atoms. The molecule has 0 radical (unpaired) electrons. The van der Waals surface area contributed by atoms with E-state index in [9.17, 15) is 19.5 Å². The van der Waals surface area contributed by atoms with E-state index in [1.807, 2.05) is 0 Å². The third-order valence-electron chi connectivity index (χ3n) is 3.67. The molecular formula is C15H14N2O4S2. The number of hydrogen-bond donors (Lipinski definition) is 2. The Kier molecular flexibility index (Phi) is 4.27. The topological polar surface area (TPSA) is 86.7 Å². The Labute approximate surface area is 140 Å². The number of nitrogens with one attached hydrogen (secondary N) is 1. The van der Waals surface area contributed by atoms with Crippen LogP contribution in [0.1, 0.15) is 16.1 Å². The van der Waals surface area contributed by atoms with Gasteiger partial charge in [-0.3, -0.25) is 14.5 Å². The van der Waals surface area contributed by atoms with Crippen LogP contribution in [0.3, 0.4) is 0 Å². The third-order valence-corrected chi connectivity index (χ3v) is 5.88. The summed E-state index contributed by atoms with van der Waals surface area (Å²) in [6.07, 6.45) is 2.05. The molecule has 0 aliphatic carbocycles. The predicted molar refractivity (Wildman–Crippen MR) is 88.1 cm³/mol. The number of rotatable bonds is 5. The van der Waals surface area contributed by atoms with Crippen molar-refractivity contribution in [1.82, 2.24) is 10.2 Å². The molecule has 1 aromatic heterocycles. The monoisotopic (exact) mass is 350 g/mol. The molecule has 2 atom stereocenters. The number of nitrogens with zero attached hydrogens (tertiary/aromatic N) is 1. The SMILES string of the molecule is C=CCC1=C(C(=O)O)N2C(=O)C(NC(=O)c3cccs3)C2SC1. The second-order valence-corrected chi connectivity index (χ2v) is 7.14. The van der Waals surface area contributed by atoms with Crippen molar-refractivity contribution in [2.45, 2.75) is 17.8 Å². The zero-order valence-electron chi connectivity index (χ0n) is 12.0. The number of carbonyl (C=O) groups is 3. The van der Waals surface area contributed by atoms with E-state index in [0.717, 1.165) is 0 Å². The lowest BCUT2D eigenvalue weighted by Gasteiger charge is -2.49. The van der Waals surface area contributed by atoms with Gasteiger partial charge < -0.3 is 10.4 Å². The molecule has 0 spiro atoms. The Morgan fingerprint density at radius 2 is 2.30 bits per heavy atom. The summed E-state index contributed by atoms with van der Waals surface area (Å²) in [5.41, 5.74) is 0.699. The molecule has 2 aliphatic heterocycles. The van der Waals surface area contributed by atoms with Crippen molar-refractivity contribution in [2.24, 2.45) is 0 Å². The average molecular weight is 350 g/mol. The maximum Gasteiger partial charge on any atom is 0.352 e. The molecule has 8 heteroatoms. The molecule has 0 aromatic carbocycles. The van der Waals surface area contributed by atoms with E-state index in [1.54, 1.807) is 23.6 Å². The van der Waals surface area contributed by atoms with Crippen LogP contribution >= 0.6 is 23.1 Å². The lowest BCUT2D eigenvalue weighted by molar-refractivity contribution is -0.148. The Hall–Kier alpha value is -2.06. The zero-order chi connectivity index (χ0) is 16.6. The fourth-order valence-corrected chi connectivity index (χ4v) is 4.62. The summed E-state index contributed by atoms with van der Waals surface area (Å²) in [6.45, 7) is 3.62. The summed E-state index contributed by atoms with van der Waals surface area (Å²) >= 11 is 2.75. The predicted octanol–water partition coefficient (Wildman–Crippen LogP) is 1.68. The molecule has 1 saturated heterocycles. The highest BCUT2D eigenvalue weighted by molar-refractivity contribution is 8.00. The number of aliphatic carboxylic acids is 1. The standard InChI is InChI=1S/C15H14N2O4S2/c1-2-4-8-7-23-14-10(13(19)17(14)11(8)15(20)21)16-12(18)9-5-3-6-22-9/h2-3,5-6,10,14H,1,4,7H2,(H,16,18)(H,20,21). The van der Waals surface area contributed by atoms with Gasteiger partial charge in [-0.15, -0.1) is 29.7 Å². The van der Waals surface area contributed by atoms with Gasteiger partial charge in [-0.1, -0.05) is 12.1 Å². The largest absolute Gasteiger partial charge is 0.477 e. The molecular weight excluding hydrogens is 336 g/mol. The minimum atomic E-state index is -1.12. The van der Waals surface area contributed by atoms with Crippen LogP contribution < -0.4 is 5.32 Å². The van der Waals surface area contributed by atoms with E-state index in [1.165, 1.54) is 28.0 Å². The van der Waals surface area contributed by atoms with Gasteiger partial charge in [0.15, 0.2) is 0 Å². The molecule has 120 valence electrons. The Morgan fingerprint density at radius 3 is 2.91 bits per heavy atom. The summed E-state index contributed by atoms with van der Waals surface area (Å²) in [7, 11) is 0. The van der Waals surface area contributed by atoms with Gasteiger partial charge in [-0.2, -0.15) is 0 Å². The summed E-state index contributed by atoms with van der Waals surface area (Å²) in [5.74, 6) is -1.31. The van der Waals surface area contributed by atoms with Crippen molar-refractivity contribution in [2.75, 3.05) is 5.75 Å². The second-order valence-electron chi connectivity index (χ2n) is 5.09. The Balaban J connectivity index is 1.79. The number of carbonyl (C=O) groups excluding carboxylic acids is 2. The van der Waals surface area contributed by atoms with Gasteiger partial charge in [0.25, 0.3) is 11.8 Å². The smallest absolute Gasteiger partial charge is 0.352 e. The molecule has 0 saturated carbocycles. The number of amides is 2. The van der Waals surface area contributed by atoms with E-state index >= 15 is 0 Å². The summed E-state index contributed by atoms with van der Waals surface area (Å²) < 4.78 is 0. The Bertz CT molecular complexity index is 711. The fraction of sp³-hybridized carbons (Fsp3) is 0.267. The average Bonchev–Trinajstić information content (AvgIpc) is 3.06. The molecule has 3 heterocycles. The van der Waals surface area contributed by atoms with Crippen molar-refractivity contribution in [3.63, 3.8) is 0 Å². The highest BCUT2D eigenvalue weighted by Crippen LogP contribution is 2.41. The van der Waals surface area contributed by atoms with E-state index in [-0.39, 0.29) is 22.9 Å². The van der Waals surface area contributed by atoms with Crippen molar-refractivity contribution in [3.8, 4) is 0 Å². The minimum absolute atomic E-state index is 0.0280. The van der Waals surface area contributed by atoms with Crippen LogP contribution in [0.4, 0.5) is 0 Å². The fourth-order valence-electron chi connectivity index (χ4n) is 2.63. The molecule has 3 rings (SSSR count). The first-order valence-corrected chi connectivity index (χ1v) is 8.82. The van der Waals surface area contributed by atoms with E-state index < -0.39 is 12.0 Å². The normalized spacial score (nSPS) is 23.1. The maximum atomic E-state index is 12.3. The number of hydrogen-bond acceptors (Lipinski definition) is 5. The summed E-state index contributed by atoms with van der Waals surface area (Å²) in [4.78, 5) is 37.7. The number of allylic oxidation sites excluding steroid dienone is 1. The highest BCUT2D eigenvalue weighted by atomic mass is 32.2. The van der Waals surface area contributed by atoms with Gasteiger partial charge >= 0.3 is 5.97 Å². The van der Waals surface area contributed by atoms with E-state index in [4.69, 9.17) is 0 Å². The van der Waals surface area contributed by atoms with Crippen molar-refractivity contribution in [1.29, 1.82) is 0 Å². The van der Waals surface area contributed by atoms with Crippen LogP contribution in [-0.2, 0) is 9.59 Å². The number of thiophene rings is 1. The van der Waals surface area contributed by atoms with Gasteiger partial charge in [0.1, 0.15) is 17.1 Å². The summed E-state index contributed by atoms with van der Waals surface area (Å²) in [6, 6.07) is 2.75. The zero-order valence-corrected chi connectivity index (χ0v) is 13.7. The van der Waals surface area contributed by atoms with Crippen LogP contribution in [0.2, 0.25) is 0 Å². The van der Waals surface area contributed by atoms with E-state index in [0.29, 0.717) is 22.6 Å². The first kappa shape index (κ1) is 15.8. The number of thioether (sulfide) groups is 1. The first-order valence-electron chi connectivity index (χ1n) is 6.90. The number of carboxylic acids is 1. The van der Waals surface area contributed by atoms with Crippen molar-refractivity contribution in [3.05, 3.63) is 46.3 Å². The number of fused-ring (bicyclic) bond motifs is 1. The molecule has 2 amide bonds. The Morgan fingerprint density at radius 1 is 1.52 bits per heavy atom. The van der Waals surface area contributed by atoms with Crippen LogP contribution in [0.15, 0.2) is 41.4 Å². The maximum absolute atomic E-state index is 12.3. The van der Waals surface area contributed by atoms with E-state index in [2.05, 4.69) is 11.9 Å². The van der Waals surface area contributed by atoms with Gasteiger partial charge in [-0.05, 0) is 23.4 Å². The lowest BCUT2D eigenvalue weighted by atomic mass is 10.0. The third kappa shape index (κ3) is 2.68. The lowest BCUT2D eigenvalue weighted by Crippen LogP contribution is -2.70. The van der Waals surface area contributed by atoms with Gasteiger partial charge in [0.2, 0.25) is 0 Å². The van der Waals surface area contributed by atoms with Crippen molar-refractivity contribution >= 4 is 40.9 Å². The minimum Gasteiger partial charge on any atom is -0.477 e. The molecule has 2 N–H and O–H groups in total. The van der Waals surface area contributed by atoms with Crippen LogP contribution in [-0.4, -0.2) is 45.0 Å². The first-order chi connectivity index (χ1) is 11.0. The molecule has 1 fully saturated rings. The van der Waals surface area contributed by atoms with Crippen LogP contribution in [0.25, 0.3) is 0 Å². The number of carboxylic acid groups (broad SMARTS) is 1. The molecule has 6 nitrogen and oxygen atoms in total. The van der Waals surface area contributed by atoms with Crippen LogP contribution in [0, 0.1) is 0 Å². The second kappa shape index (κ2) is 6.21. The summed E-state index contributed by atoms with van der Waals surface area (Å²) in [5, 5.41) is 13.5. The molecule has 1 aromatic rings. The molecule has 2 unspecified atom stereocenters. The van der Waals surface area contributed by atoms with Crippen molar-refractivity contribution < 1.29 is 19.5 Å². The van der Waals surface area contributed by atoms with Gasteiger partial charge in [0.05, 0.1) is 4.88 Å².